The van der Waals surface area contributed by atoms with Gasteiger partial charge in [-0.2, -0.15) is 5.10 Å². The van der Waals surface area contributed by atoms with Gasteiger partial charge in [-0.3, -0.25) is 9.89 Å². The topological polar surface area (TPSA) is 88.5 Å². The molecule has 1 atom stereocenters. The minimum absolute atomic E-state index is 0.0602. The Kier molecular flexibility index (Phi) is 3.55. The van der Waals surface area contributed by atoms with Gasteiger partial charge in [0.15, 0.2) is 5.82 Å². The standard InChI is InChI=1S/C17H20N6O/c1-10(16-19-11(2)21-22-16)18-15(24)9-23-14-6-4-3-5-13(14)20-17(23)12-7-8-12/h3-6,10,12H,7-9H2,1-2H3,(H,18,24)(H,19,21,22)/t10-/m1/s1. The summed E-state index contributed by atoms with van der Waals surface area (Å²) in [5.41, 5.74) is 1.96. The van der Waals surface area contributed by atoms with E-state index in [0.29, 0.717) is 11.7 Å². The molecule has 7 nitrogen and oxygen atoms in total. The van der Waals surface area contributed by atoms with E-state index < -0.39 is 0 Å². The number of hydrogen-bond donors (Lipinski definition) is 2. The fourth-order valence-electron chi connectivity index (χ4n) is 2.96. The molecular weight excluding hydrogens is 304 g/mol. The molecule has 7 heteroatoms. The number of aromatic amines is 1. The number of H-pyrrole nitrogens is 1. The number of carbonyl (C=O) groups excluding carboxylic acids is 1. The minimum atomic E-state index is -0.235. The van der Waals surface area contributed by atoms with E-state index in [1.54, 1.807) is 0 Å². The molecule has 2 heterocycles. The van der Waals surface area contributed by atoms with Gasteiger partial charge in [0.2, 0.25) is 5.91 Å². The molecule has 1 aliphatic carbocycles. The third kappa shape index (κ3) is 2.77. The smallest absolute Gasteiger partial charge is 0.240 e. The summed E-state index contributed by atoms with van der Waals surface area (Å²) in [5, 5.41) is 9.87. The second-order valence-electron chi connectivity index (χ2n) is 6.39. The number of rotatable bonds is 5. The van der Waals surface area contributed by atoms with Gasteiger partial charge >= 0.3 is 0 Å². The van der Waals surface area contributed by atoms with Crippen LogP contribution in [0.1, 0.15) is 49.2 Å². The summed E-state index contributed by atoms with van der Waals surface area (Å²) >= 11 is 0. The lowest BCUT2D eigenvalue weighted by molar-refractivity contribution is -0.122. The second kappa shape index (κ2) is 5.74. The van der Waals surface area contributed by atoms with Crippen molar-refractivity contribution in [2.45, 2.75) is 45.2 Å². The lowest BCUT2D eigenvalue weighted by Crippen LogP contribution is -2.31. The van der Waals surface area contributed by atoms with Crippen molar-refractivity contribution >= 4 is 16.9 Å². The van der Waals surface area contributed by atoms with Crippen LogP contribution in [-0.4, -0.2) is 30.6 Å². The van der Waals surface area contributed by atoms with Crippen LogP contribution in [0.4, 0.5) is 0 Å². The maximum absolute atomic E-state index is 12.5. The number of fused-ring (bicyclic) bond motifs is 1. The molecule has 1 fully saturated rings. The molecule has 0 radical (unpaired) electrons. The minimum Gasteiger partial charge on any atom is -0.345 e. The molecule has 124 valence electrons. The van der Waals surface area contributed by atoms with Crippen molar-refractivity contribution in [2.75, 3.05) is 0 Å². The monoisotopic (exact) mass is 324 g/mol. The number of amides is 1. The molecule has 1 amide bonds. The largest absolute Gasteiger partial charge is 0.345 e. The molecule has 0 spiro atoms. The number of nitrogens with one attached hydrogen (secondary N) is 2. The van der Waals surface area contributed by atoms with Crippen LogP contribution >= 0.6 is 0 Å². The first kappa shape index (κ1) is 14.9. The first-order valence-corrected chi connectivity index (χ1v) is 8.25. The van der Waals surface area contributed by atoms with Gasteiger partial charge in [0.05, 0.1) is 17.1 Å². The third-order valence-corrected chi connectivity index (χ3v) is 4.31. The van der Waals surface area contributed by atoms with Gasteiger partial charge < -0.3 is 9.88 Å². The summed E-state index contributed by atoms with van der Waals surface area (Å²) in [7, 11) is 0. The molecule has 0 unspecified atom stereocenters. The molecule has 1 saturated carbocycles. The van der Waals surface area contributed by atoms with E-state index in [0.717, 1.165) is 35.5 Å². The highest BCUT2D eigenvalue weighted by Gasteiger charge is 2.30. The van der Waals surface area contributed by atoms with Crippen molar-refractivity contribution in [3.05, 3.63) is 41.7 Å². The van der Waals surface area contributed by atoms with Crippen molar-refractivity contribution < 1.29 is 4.79 Å². The summed E-state index contributed by atoms with van der Waals surface area (Å²) in [6.45, 7) is 3.99. The quantitative estimate of drug-likeness (QED) is 0.753. The van der Waals surface area contributed by atoms with Crippen LogP contribution in [0, 0.1) is 6.92 Å². The number of carbonyl (C=O) groups is 1. The van der Waals surface area contributed by atoms with Crippen molar-refractivity contribution in [3.8, 4) is 0 Å². The lowest BCUT2D eigenvalue weighted by atomic mass is 10.3. The van der Waals surface area contributed by atoms with Crippen molar-refractivity contribution in [1.29, 1.82) is 0 Å². The first-order chi connectivity index (χ1) is 11.6. The van der Waals surface area contributed by atoms with Gasteiger partial charge in [-0.1, -0.05) is 12.1 Å². The maximum Gasteiger partial charge on any atom is 0.240 e. The van der Waals surface area contributed by atoms with Crippen molar-refractivity contribution in [2.24, 2.45) is 0 Å². The SMILES string of the molecule is Cc1nc([C@@H](C)NC(=O)Cn2c(C3CC3)nc3ccccc32)n[nH]1. The van der Waals surface area contributed by atoms with Gasteiger partial charge in [0.25, 0.3) is 0 Å². The van der Waals surface area contributed by atoms with Gasteiger partial charge in [-0.15, -0.1) is 0 Å². The third-order valence-electron chi connectivity index (χ3n) is 4.31. The second-order valence-corrected chi connectivity index (χ2v) is 6.39. The van der Waals surface area contributed by atoms with Crippen molar-refractivity contribution in [1.82, 2.24) is 30.0 Å². The van der Waals surface area contributed by atoms with Crippen LogP contribution in [0.5, 0.6) is 0 Å². The molecule has 3 aromatic rings. The predicted octanol–water partition coefficient (Wildman–Crippen LogP) is 2.22. The average Bonchev–Trinajstić information content (AvgIpc) is 3.22. The number of para-hydroxylation sites is 2. The number of aromatic nitrogens is 5. The molecule has 1 aromatic carbocycles. The van der Waals surface area contributed by atoms with E-state index in [9.17, 15) is 4.79 Å². The van der Waals surface area contributed by atoms with Crippen LogP contribution < -0.4 is 5.32 Å². The van der Waals surface area contributed by atoms with E-state index in [1.165, 1.54) is 0 Å². The van der Waals surface area contributed by atoms with Crippen LogP contribution in [0.15, 0.2) is 24.3 Å². The lowest BCUT2D eigenvalue weighted by Gasteiger charge is -2.13. The van der Waals surface area contributed by atoms with Gasteiger partial charge in [-0.05, 0) is 38.8 Å². The Bertz CT molecular complexity index is 892. The molecule has 0 saturated heterocycles. The summed E-state index contributed by atoms with van der Waals surface area (Å²) in [5.74, 6) is 2.78. The molecule has 2 aromatic heterocycles. The fourth-order valence-corrected chi connectivity index (χ4v) is 2.96. The Morgan fingerprint density at radius 3 is 2.88 bits per heavy atom. The van der Waals surface area contributed by atoms with E-state index in [1.807, 2.05) is 42.7 Å². The molecule has 1 aliphatic rings. The van der Waals surface area contributed by atoms with Crippen LogP contribution in [-0.2, 0) is 11.3 Å². The number of hydrogen-bond acceptors (Lipinski definition) is 4. The molecule has 0 bridgehead atoms. The highest BCUT2D eigenvalue weighted by Crippen LogP contribution is 2.40. The molecular formula is C17H20N6O. The Morgan fingerprint density at radius 2 is 2.17 bits per heavy atom. The zero-order chi connectivity index (χ0) is 16.7. The normalized spacial score (nSPS) is 15.6. The molecule has 2 N–H and O–H groups in total. The number of imidazole rings is 1. The van der Waals surface area contributed by atoms with E-state index >= 15 is 0 Å². The fraction of sp³-hybridized carbons (Fsp3) is 0.412. The van der Waals surface area contributed by atoms with Crippen LogP contribution in [0.3, 0.4) is 0 Å². The van der Waals surface area contributed by atoms with Crippen LogP contribution in [0.2, 0.25) is 0 Å². The Labute approximate surface area is 139 Å². The summed E-state index contributed by atoms with van der Waals surface area (Å²) in [6, 6.07) is 7.73. The van der Waals surface area contributed by atoms with E-state index in [2.05, 4.69) is 20.5 Å². The van der Waals surface area contributed by atoms with Gasteiger partial charge in [0, 0.05) is 5.92 Å². The van der Waals surface area contributed by atoms with Crippen LogP contribution in [0.25, 0.3) is 11.0 Å². The van der Waals surface area contributed by atoms with Gasteiger partial charge in [-0.25, -0.2) is 9.97 Å². The van der Waals surface area contributed by atoms with Crippen molar-refractivity contribution in [3.63, 3.8) is 0 Å². The highest BCUT2D eigenvalue weighted by molar-refractivity contribution is 5.81. The Morgan fingerprint density at radius 1 is 1.38 bits per heavy atom. The zero-order valence-electron chi connectivity index (χ0n) is 13.8. The number of benzene rings is 1. The van der Waals surface area contributed by atoms with E-state index in [-0.39, 0.29) is 18.5 Å². The van der Waals surface area contributed by atoms with E-state index in [4.69, 9.17) is 4.98 Å². The summed E-state index contributed by atoms with van der Waals surface area (Å²) in [4.78, 5) is 21.5. The predicted molar refractivity (Wildman–Crippen MR) is 89.4 cm³/mol. The molecule has 24 heavy (non-hydrogen) atoms. The van der Waals surface area contributed by atoms with Gasteiger partial charge in [0.1, 0.15) is 18.2 Å². The maximum atomic E-state index is 12.5. The summed E-state index contributed by atoms with van der Waals surface area (Å²) in [6.07, 6.45) is 2.30. The summed E-state index contributed by atoms with van der Waals surface area (Å²) < 4.78 is 2.04. The molecule has 4 rings (SSSR count). The highest BCUT2D eigenvalue weighted by atomic mass is 16.2. The Balaban J connectivity index is 1.55. The average molecular weight is 324 g/mol. The first-order valence-electron chi connectivity index (χ1n) is 8.25. The zero-order valence-corrected chi connectivity index (χ0v) is 13.8. The number of aryl methyl sites for hydroxylation is 1. The molecule has 0 aliphatic heterocycles. The number of nitrogens with zero attached hydrogens (tertiary/aromatic N) is 4. The Hall–Kier alpha value is -2.70.